The molecule has 0 spiro atoms. The molecular formula is C13H24N4. The van der Waals surface area contributed by atoms with E-state index >= 15 is 0 Å². The molecule has 0 fully saturated rings. The second-order valence-electron chi connectivity index (χ2n) is 5.73. The van der Waals surface area contributed by atoms with Crippen molar-refractivity contribution in [2.45, 2.75) is 40.5 Å². The Morgan fingerprint density at radius 1 is 1.29 bits per heavy atom. The first-order valence-electron chi connectivity index (χ1n) is 6.15. The van der Waals surface area contributed by atoms with Gasteiger partial charge in [-0.15, -0.1) is 0 Å². The van der Waals surface area contributed by atoms with Gasteiger partial charge in [-0.1, -0.05) is 34.1 Å². The van der Waals surface area contributed by atoms with Crippen LogP contribution >= 0.6 is 0 Å². The SMILES string of the molecule is CCCc1c(N)ncnc1N(C)CC(C)(C)C. The van der Waals surface area contributed by atoms with E-state index < -0.39 is 0 Å². The van der Waals surface area contributed by atoms with Crippen molar-refractivity contribution in [2.75, 3.05) is 24.2 Å². The number of hydrogen-bond acceptors (Lipinski definition) is 4. The molecule has 0 unspecified atom stereocenters. The number of nitrogens with zero attached hydrogens (tertiary/aromatic N) is 3. The Morgan fingerprint density at radius 3 is 2.47 bits per heavy atom. The van der Waals surface area contributed by atoms with Gasteiger partial charge in [-0.05, 0) is 11.8 Å². The van der Waals surface area contributed by atoms with Crippen molar-refractivity contribution in [3.05, 3.63) is 11.9 Å². The molecule has 1 aromatic rings. The third kappa shape index (κ3) is 3.88. The molecule has 0 amide bonds. The standard InChI is InChI=1S/C13H24N4/c1-6-7-10-11(14)15-9-16-12(10)17(5)8-13(2,3)4/h9H,6-8H2,1-5H3,(H2,14,15,16). The Hall–Kier alpha value is -1.32. The Morgan fingerprint density at radius 2 is 1.94 bits per heavy atom. The molecule has 0 radical (unpaired) electrons. The number of nitrogen functional groups attached to an aromatic ring is 1. The summed E-state index contributed by atoms with van der Waals surface area (Å²) < 4.78 is 0. The first-order chi connectivity index (χ1) is 7.85. The zero-order chi connectivity index (χ0) is 13.1. The Balaban J connectivity index is 3.00. The van der Waals surface area contributed by atoms with Crippen LogP contribution in [0, 0.1) is 5.41 Å². The number of hydrogen-bond donors (Lipinski definition) is 1. The van der Waals surface area contributed by atoms with Crippen LogP contribution in [0.5, 0.6) is 0 Å². The molecular weight excluding hydrogens is 212 g/mol. The summed E-state index contributed by atoms with van der Waals surface area (Å²) in [4.78, 5) is 10.6. The van der Waals surface area contributed by atoms with E-state index in [1.54, 1.807) is 6.33 Å². The van der Waals surface area contributed by atoms with Crippen LogP contribution in [0.15, 0.2) is 6.33 Å². The highest BCUT2D eigenvalue weighted by atomic mass is 15.2. The molecule has 0 saturated carbocycles. The molecule has 96 valence electrons. The lowest BCUT2D eigenvalue weighted by atomic mass is 9.96. The smallest absolute Gasteiger partial charge is 0.137 e. The molecule has 4 nitrogen and oxygen atoms in total. The molecule has 17 heavy (non-hydrogen) atoms. The number of nitrogens with two attached hydrogens (primary N) is 1. The van der Waals surface area contributed by atoms with Gasteiger partial charge in [-0.25, -0.2) is 9.97 Å². The quantitative estimate of drug-likeness (QED) is 0.872. The first-order valence-corrected chi connectivity index (χ1v) is 6.15. The molecule has 0 aromatic carbocycles. The Labute approximate surface area is 104 Å². The lowest BCUT2D eigenvalue weighted by Crippen LogP contribution is -2.30. The van der Waals surface area contributed by atoms with Crippen LogP contribution < -0.4 is 10.6 Å². The van der Waals surface area contributed by atoms with Crippen molar-refractivity contribution in [2.24, 2.45) is 5.41 Å². The number of rotatable bonds is 4. The van der Waals surface area contributed by atoms with Crippen molar-refractivity contribution >= 4 is 11.6 Å². The predicted molar refractivity (Wildman–Crippen MR) is 73.2 cm³/mol. The van der Waals surface area contributed by atoms with E-state index in [-0.39, 0.29) is 5.41 Å². The average Bonchev–Trinajstić information content (AvgIpc) is 2.18. The van der Waals surface area contributed by atoms with Gasteiger partial charge in [0.2, 0.25) is 0 Å². The molecule has 2 N–H and O–H groups in total. The van der Waals surface area contributed by atoms with Crippen LogP contribution in [0.1, 0.15) is 39.7 Å². The molecule has 1 aromatic heterocycles. The maximum absolute atomic E-state index is 5.93. The summed E-state index contributed by atoms with van der Waals surface area (Å²) in [5, 5.41) is 0. The second-order valence-corrected chi connectivity index (χ2v) is 5.73. The van der Waals surface area contributed by atoms with Crippen LogP contribution in [0.2, 0.25) is 0 Å². The van der Waals surface area contributed by atoms with Gasteiger partial charge in [-0.2, -0.15) is 0 Å². The molecule has 0 aliphatic carbocycles. The summed E-state index contributed by atoms with van der Waals surface area (Å²) in [5.74, 6) is 1.58. The van der Waals surface area contributed by atoms with Gasteiger partial charge in [0, 0.05) is 19.2 Å². The minimum Gasteiger partial charge on any atom is -0.383 e. The van der Waals surface area contributed by atoms with Crippen molar-refractivity contribution in [1.82, 2.24) is 9.97 Å². The normalized spacial score (nSPS) is 11.6. The predicted octanol–water partition coefficient (Wildman–Crippen LogP) is 2.49. The summed E-state index contributed by atoms with van der Waals surface area (Å²) in [6.45, 7) is 9.73. The van der Waals surface area contributed by atoms with Crippen molar-refractivity contribution in [3.8, 4) is 0 Å². The van der Waals surface area contributed by atoms with Crippen molar-refractivity contribution in [1.29, 1.82) is 0 Å². The first kappa shape index (κ1) is 13.7. The minimum atomic E-state index is 0.234. The third-order valence-electron chi connectivity index (χ3n) is 2.53. The van der Waals surface area contributed by atoms with Crippen LogP contribution in [0.3, 0.4) is 0 Å². The second kappa shape index (κ2) is 5.34. The Bertz CT molecular complexity index is 368. The van der Waals surface area contributed by atoms with Gasteiger partial charge in [-0.3, -0.25) is 0 Å². The van der Waals surface area contributed by atoms with Crippen LogP contribution in [-0.4, -0.2) is 23.6 Å². The van der Waals surface area contributed by atoms with Gasteiger partial charge < -0.3 is 10.6 Å². The van der Waals surface area contributed by atoms with E-state index in [4.69, 9.17) is 5.73 Å². The summed E-state index contributed by atoms with van der Waals surface area (Å²) in [6, 6.07) is 0. The lowest BCUT2D eigenvalue weighted by molar-refractivity contribution is 0.417. The molecule has 0 atom stereocenters. The van der Waals surface area contributed by atoms with Crippen molar-refractivity contribution in [3.63, 3.8) is 0 Å². The van der Waals surface area contributed by atoms with E-state index in [0.717, 1.165) is 30.8 Å². The highest BCUT2D eigenvalue weighted by Crippen LogP contribution is 2.25. The maximum Gasteiger partial charge on any atom is 0.137 e. The molecule has 0 saturated heterocycles. The average molecular weight is 236 g/mol. The van der Waals surface area contributed by atoms with E-state index in [0.29, 0.717) is 5.82 Å². The van der Waals surface area contributed by atoms with E-state index in [1.807, 2.05) is 0 Å². The minimum absolute atomic E-state index is 0.234. The zero-order valence-electron chi connectivity index (χ0n) is 11.6. The number of aromatic nitrogens is 2. The highest BCUT2D eigenvalue weighted by molar-refractivity contribution is 5.56. The van der Waals surface area contributed by atoms with Gasteiger partial charge >= 0.3 is 0 Å². The monoisotopic (exact) mass is 236 g/mol. The summed E-state index contributed by atoms with van der Waals surface area (Å²) >= 11 is 0. The fourth-order valence-corrected chi connectivity index (χ4v) is 2.02. The Kier molecular flexibility index (Phi) is 4.32. The molecule has 1 heterocycles. The lowest BCUT2D eigenvalue weighted by Gasteiger charge is -2.29. The summed E-state index contributed by atoms with van der Waals surface area (Å²) in [5.41, 5.74) is 7.24. The van der Waals surface area contributed by atoms with Crippen molar-refractivity contribution < 1.29 is 0 Å². The van der Waals surface area contributed by atoms with Crippen LogP contribution in [0.4, 0.5) is 11.6 Å². The number of anilines is 2. The fourth-order valence-electron chi connectivity index (χ4n) is 2.02. The van der Waals surface area contributed by atoms with Gasteiger partial charge in [0.15, 0.2) is 0 Å². The molecule has 0 aliphatic heterocycles. The van der Waals surface area contributed by atoms with Gasteiger partial charge in [0.05, 0.1) is 0 Å². The summed E-state index contributed by atoms with van der Waals surface area (Å²) in [6.07, 6.45) is 3.52. The van der Waals surface area contributed by atoms with Crippen LogP contribution in [0.25, 0.3) is 0 Å². The molecule has 0 aliphatic rings. The summed E-state index contributed by atoms with van der Waals surface area (Å²) in [7, 11) is 2.06. The highest BCUT2D eigenvalue weighted by Gasteiger charge is 2.18. The fraction of sp³-hybridized carbons (Fsp3) is 0.692. The third-order valence-corrected chi connectivity index (χ3v) is 2.53. The van der Waals surface area contributed by atoms with E-state index in [9.17, 15) is 0 Å². The van der Waals surface area contributed by atoms with E-state index in [1.165, 1.54) is 0 Å². The zero-order valence-corrected chi connectivity index (χ0v) is 11.6. The molecule has 1 rings (SSSR count). The topological polar surface area (TPSA) is 55.0 Å². The van der Waals surface area contributed by atoms with Gasteiger partial charge in [0.1, 0.15) is 18.0 Å². The molecule has 4 heteroatoms. The maximum atomic E-state index is 5.93. The van der Waals surface area contributed by atoms with E-state index in [2.05, 4.69) is 49.6 Å². The largest absolute Gasteiger partial charge is 0.383 e. The molecule has 0 bridgehead atoms. The van der Waals surface area contributed by atoms with Gasteiger partial charge in [0.25, 0.3) is 0 Å². The van der Waals surface area contributed by atoms with Crippen LogP contribution in [-0.2, 0) is 6.42 Å².